The molecule has 2 heterocycles. The third kappa shape index (κ3) is 1.31. The zero-order valence-electron chi connectivity index (χ0n) is 8.57. The molecule has 0 unspecified atom stereocenters. The number of ketones is 1. The molecule has 0 fully saturated rings. The quantitative estimate of drug-likeness (QED) is 0.644. The Morgan fingerprint density at radius 1 is 1.47 bits per heavy atom. The van der Waals surface area contributed by atoms with Gasteiger partial charge in [0.2, 0.25) is 5.43 Å². The van der Waals surface area contributed by atoms with Gasteiger partial charge >= 0.3 is 0 Å². The average Bonchev–Trinajstić information content (AvgIpc) is 2.17. The number of aromatic nitrogens is 1. The van der Waals surface area contributed by atoms with Crippen LogP contribution in [0.2, 0.25) is 0 Å². The molecule has 5 heteroatoms. The van der Waals surface area contributed by atoms with Crippen molar-refractivity contribution in [3.63, 3.8) is 0 Å². The molecular weight excluding hydrogens is 196 g/mol. The maximum absolute atomic E-state index is 12.0. The number of hydrogen-bond donors (Lipinski definition) is 2. The van der Waals surface area contributed by atoms with Crippen molar-refractivity contribution >= 4 is 5.78 Å². The van der Waals surface area contributed by atoms with Crippen LogP contribution in [0.25, 0.3) is 0 Å². The van der Waals surface area contributed by atoms with Crippen LogP contribution < -0.4 is 10.9 Å². The Balaban J connectivity index is 2.70. The van der Waals surface area contributed by atoms with E-state index in [1.165, 1.54) is 16.9 Å². The maximum Gasteiger partial charge on any atom is 0.224 e. The summed E-state index contributed by atoms with van der Waals surface area (Å²) >= 11 is 0. The SMILES string of the molecule is CC1(C)CNn2ccc(=O)c(O)c2C1=O. The fraction of sp³-hybridized carbons (Fsp3) is 0.400. The molecule has 1 aromatic rings. The molecule has 0 bridgehead atoms. The van der Waals surface area contributed by atoms with Gasteiger partial charge in [-0.3, -0.25) is 14.3 Å². The van der Waals surface area contributed by atoms with Crippen molar-refractivity contribution in [1.29, 1.82) is 0 Å². The molecule has 0 atom stereocenters. The zero-order chi connectivity index (χ0) is 11.2. The van der Waals surface area contributed by atoms with Gasteiger partial charge in [0.1, 0.15) is 0 Å². The molecule has 0 saturated heterocycles. The fourth-order valence-corrected chi connectivity index (χ4v) is 1.56. The number of pyridine rings is 1. The largest absolute Gasteiger partial charge is 0.503 e. The summed E-state index contributed by atoms with van der Waals surface area (Å²) in [6, 6.07) is 1.22. The molecule has 0 aliphatic carbocycles. The van der Waals surface area contributed by atoms with Gasteiger partial charge in [-0.05, 0) is 0 Å². The Morgan fingerprint density at radius 2 is 2.13 bits per heavy atom. The highest BCUT2D eigenvalue weighted by Crippen LogP contribution is 2.27. The summed E-state index contributed by atoms with van der Waals surface area (Å²) < 4.78 is 1.39. The highest BCUT2D eigenvalue weighted by molar-refractivity contribution is 6.01. The van der Waals surface area contributed by atoms with Crippen LogP contribution in [0.4, 0.5) is 0 Å². The third-order valence-electron chi connectivity index (χ3n) is 2.59. The van der Waals surface area contributed by atoms with Crippen LogP contribution in [0.1, 0.15) is 24.3 Å². The molecule has 1 aliphatic rings. The lowest BCUT2D eigenvalue weighted by Gasteiger charge is -2.32. The van der Waals surface area contributed by atoms with Crippen molar-refractivity contribution in [3.8, 4) is 5.75 Å². The number of nitrogens with one attached hydrogen (secondary N) is 1. The minimum atomic E-state index is -0.606. The van der Waals surface area contributed by atoms with E-state index in [2.05, 4.69) is 5.43 Å². The molecule has 0 aromatic carbocycles. The molecule has 0 radical (unpaired) electrons. The van der Waals surface area contributed by atoms with Gasteiger partial charge in [-0.1, -0.05) is 13.8 Å². The highest BCUT2D eigenvalue weighted by Gasteiger charge is 2.36. The van der Waals surface area contributed by atoms with Crippen LogP contribution in [-0.4, -0.2) is 22.1 Å². The first kappa shape index (κ1) is 9.76. The summed E-state index contributed by atoms with van der Waals surface area (Å²) in [4.78, 5) is 23.2. The Kier molecular flexibility index (Phi) is 1.86. The Bertz CT molecular complexity index is 488. The van der Waals surface area contributed by atoms with Crippen molar-refractivity contribution in [1.82, 2.24) is 4.68 Å². The smallest absolute Gasteiger partial charge is 0.224 e. The lowest BCUT2D eigenvalue weighted by molar-refractivity contribution is 0.0816. The summed E-state index contributed by atoms with van der Waals surface area (Å²) in [5.74, 6) is -0.709. The van der Waals surface area contributed by atoms with Gasteiger partial charge in [-0.25, -0.2) is 0 Å². The van der Waals surface area contributed by atoms with E-state index in [0.29, 0.717) is 6.54 Å². The van der Waals surface area contributed by atoms with E-state index in [1.54, 1.807) is 13.8 Å². The number of Topliss-reactive ketones (excluding diaryl/α,β-unsaturated/α-hetero) is 1. The van der Waals surface area contributed by atoms with Crippen LogP contribution in [0.15, 0.2) is 17.1 Å². The summed E-state index contributed by atoms with van der Waals surface area (Å²) in [5, 5.41) is 9.55. The van der Waals surface area contributed by atoms with E-state index in [0.717, 1.165) is 0 Å². The number of aromatic hydroxyl groups is 1. The van der Waals surface area contributed by atoms with Gasteiger partial charge in [-0.15, -0.1) is 0 Å². The van der Waals surface area contributed by atoms with Crippen molar-refractivity contribution in [2.24, 2.45) is 5.41 Å². The van der Waals surface area contributed by atoms with E-state index in [9.17, 15) is 14.7 Å². The molecule has 2 N–H and O–H groups in total. The number of carbonyl (C=O) groups is 1. The molecule has 1 aromatic heterocycles. The van der Waals surface area contributed by atoms with Crippen LogP contribution in [0, 0.1) is 5.41 Å². The number of carbonyl (C=O) groups excluding carboxylic acids is 1. The van der Waals surface area contributed by atoms with Gasteiger partial charge in [-0.2, -0.15) is 0 Å². The normalized spacial score (nSPS) is 18.1. The number of fused-ring (bicyclic) bond motifs is 1. The Morgan fingerprint density at radius 3 is 2.80 bits per heavy atom. The van der Waals surface area contributed by atoms with Gasteiger partial charge in [0, 0.05) is 24.2 Å². The predicted octanol–water partition coefficient (Wildman–Crippen LogP) is 0.320. The van der Waals surface area contributed by atoms with Crippen molar-refractivity contribution < 1.29 is 9.90 Å². The van der Waals surface area contributed by atoms with E-state index < -0.39 is 16.6 Å². The number of rotatable bonds is 0. The minimum absolute atomic E-state index is 0.0405. The van der Waals surface area contributed by atoms with Gasteiger partial charge in [0.05, 0.1) is 0 Å². The maximum atomic E-state index is 12.0. The summed E-state index contributed by atoms with van der Waals surface area (Å²) in [7, 11) is 0. The molecule has 15 heavy (non-hydrogen) atoms. The van der Waals surface area contributed by atoms with E-state index >= 15 is 0 Å². The molecule has 0 spiro atoms. The zero-order valence-corrected chi connectivity index (χ0v) is 8.57. The van der Waals surface area contributed by atoms with E-state index in [4.69, 9.17) is 0 Å². The highest BCUT2D eigenvalue weighted by atomic mass is 16.3. The van der Waals surface area contributed by atoms with Crippen LogP contribution in [0.3, 0.4) is 0 Å². The summed E-state index contributed by atoms with van der Waals surface area (Å²) in [6.45, 7) is 4.01. The second-order valence-electron chi connectivity index (χ2n) is 4.30. The Hall–Kier alpha value is -1.78. The van der Waals surface area contributed by atoms with E-state index in [-0.39, 0.29) is 11.5 Å². The van der Waals surface area contributed by atoms with Crippen LogP contribution in [0.5, 0.6) is 5.75 Å². The monoisotopic (exact) mass is 208 g/mol. The van der Waals surface area contributed by atoms with Crippen LogP contribution >= 0.6 is 0 Å². The van der Waals surface area contributed by atoms with Crippen LogP contribution in [-0.2, 0) is 0 Å². The first-order valence-electron chi connectivity index (χ1n) is 4.67. The van der Waals surface area contributed by atoms with E-state index in [1.807, 2.05) is 0 Å². The van der Waals surface area contributed by atoms with Gasteiger partial charge in [0.15, 0.2) is 17.2 Å². The predicted molar refractivity (Wildman–Crippen MR) is 54.7 cm³/mol. The molecular formula is C10H12N2O3. The molecule has 2 rings (SSSR count). The molecule has 5 nitrogen and oxygen atoms in total. The first-order valence-corrected chi connectivity index (χ1v) is 4.67. The van der Waals surface area contributed by atoms with Gasteiger partial charge in [0.25, 0.3) is 0 Å². The topological polar surface area (TPSA) is 71.3 Å². The van der Waals surface area contributed by atoms with Crippen molar-refractivity contribution in [2.75, 3.05) is 12.0 Å². The molecule has 0 amide bonds. The van der Waals surface area contributed by atoms with Gasteiger partial charge < -0.3 is 10.5 Å². The minimum Gasteiger partial charge on any atom is -0.503 e. The average molecular weight is 208 g/mol. The summed E-state index contributed by atoms with van der Waals surface area (Å²) in [6.07, 6.45) is 1.45. The molecule has 80 valence electrons. The second-order valence-corrected chi connectivity index (χ2v) is 4.30. The molecule has 0 saturated carbocycles. The summed E-state index contributed by atoms with van der Waals surface area (Å²) in [5.41, 5.74) is 1.85. The third-order valence-corrected chi connectivity index (χ3v) is 2.59. The molecule has 1 aliphatic heterocycles. The second kappa shape index (κ2) is 2.85. The standard InChI is InChI=1S/C10H12N2O3/c1-10(2)5-11-12-4-3-6(13)8(14)7(12)9(10)15/h3-4,11,14H,5H2,1-2H3. The van der Waals surface area contributed by atoms with Crippen molar-refractivity contribution in [3.05, 3.63) is 28.2 Å². The Labute approximate surface area is 86.3 Å². The number of hydrogen-bond acceptors (Lipinski definition) is 4. The number of nitrogens with zero attached hydrogens (tertiary/aromatic N) is 1. The lowest BCUT2D eigenvalue weighted by atomic mass is 9.85. The lowest BCUT2D eigenvalue weighted by Crippen LogP contribution is -2.44. The van der Waals surface area contributed by atoms with Crippen molar-refractivity contribution in [2.45, 2.75) is 13.8 Å². The fourth-order valence-electron chi connectivity index (χ4n) is 1.56. The first-order chi connectivity index (χ1) is 6.93.